The van der Waals surface area contributed by atoms with Crippen molar-refractivity contribution in [3.63, 3.8) is 0 Å². The lowest BCUT2D eigenvalue weighted by molar-refractivity contribution is -0.137. The van der Waals surface area contributed by atoms with Crippen LogP contribution >= 0.6 is 0 Å². The number of hydrogen-bond acceptors (Lipinski definition) is 5. The van der Waals surface area contributed by atoms with Gasteiger partial charge in [0, 0.05) is 46.9 Å². The minimum Gasteiger partial charge on any atom is -0.383 e. The molecule has 4 aromatic rings. The molecule has 1 amide bonds. The second kappa shape index (κ2) is 8.65. The Morgan fingerprint density at radius 2 is 1.85 bits per heavy atom. The highest BCUT2D eigenvalue weighted by atomic mass is 19.4. The SMILES string of the molecule is CC(C)CN(Cc1ccc(C(F)(F)F)cn1)C(=O)c1ccc2nc(N)c3ccncc3c2c1. The van der Waals surface area contributed by atoms with Crippen LogP contribution in [0, 0.1) is 5.92 Å². The zero-order chi connectivity index (χ0) is 23.8. The van der Waals surface area contributed by atoms with E-state index in [4.69, 9.17) is 5.73 Å². The van der Waals surface area contributed by atoms with Crippen molar-refractivity contribution in [3.8, 4) is 0 Å². The summed E-state index contributed by atoms with van der Waals surface area (Å²) in [7, 11) is 0. The van der Waals surface area contributed by atoms with Gasteiger partial charge in [0.05, 0.1) is 23.3 Å². The Morgan fingerprint density at radius 3 is 2.52 bits per heavy atom. The second-order valence-corrected chi connectivity index (χ2v) is 8.27. The van der Waals surface area contributed by atoms with Crippen molar-refractivity contribution in [2.24, 2.45) is 5.92 Å². The number of fused-ring (bicyclic) bond motifs is 3. The van der Waals surface area contributed by atoms with E-state index in [1.807, 2.05) is 13.8 Å². The summed E-state index contributed by atoms with van der Waals surface area (Å²) >= 11 is 0. The number of anilines is 1. The van der Waals surface area contributed by atoms with Crippen LogP contribution in [0.5, 0.6) is 0 Å². The van der Waals surface area contributed by atoms with E-state index in [-0.39, 0.29) is 18.4 Å². The first-order chi connectivity index (χ1) is 15.6. The Morgan fingerprint density at radius 1 is 1.06 bits per heavy atom. The lowest BCUT2D eigenvalue weighted by Gasteiger charge is -2.25. The molecule has 2 N–H and O–H groups in total. The minimum atomic E-state index is -4.46. The van der Waals surface area contributed by atoms with Crippen LogP contribution in [-0.2, 0) is 12.7 Å². The number of carbonyl (C=O) groups excluding carboxylic acids is 1. The van der Waals surface area contributed by atoms with Crippen LogP contribution in [0.4, 0.5) is 19.0 Å². The summed E-state index contributed by atoms with van der Waals surface area (Å²) in [5.74, 6) is 0.283. The maximum atomic E-state index is 13.4. The standard InChI is InChI=1S/C24H22F3N5O/c1-14(2)12-32(13-17-5-4-16(10-30-17)24(25,26)27)23(33)15-3-6-21-19(9-15)20-11-29-8-7-18(20)22(28)31-21/h3-11,14H,12-13H2,1-2H3,(H2,28,31). The number of rotatable bonds is 5. The summed E-state index contributed by atoms with van der Waals surface area (Å²) in [6.45, 7) is 4.44. The lowest BCUT2D eigenvalue weighted by atomic mass is 10.0. The van der Waals surface area contributed by atoms with Crippen molar-refractivity contribution < 1.29 is 18.0 Å². The van der Waals surface area contributed by atoms with Gasteiger partial charge in [-0.25, -0.2) is 4.98 Å². The first-order valence-corrected chi connectivity index (χ1v) is 10.4. The van der Waals surface area contributed by atoms with Gasteiger partial charge in [0.25, 0.3) is 5.91 Å². The van der Waals surface area contributed by atoms with Crippen LogP contribution in [-0.4, -0.2) is 32.3 Å². The van der Waals surface area contributed by atoms with Gasteiger partial charge < -0.3 is 10.6 Å². The zero-order valence-electron chi connectivity index (χ0n) is 18.1. The smallest absolute Gasteiger partial charge is 0.383 e. The molecule has 0 unspecified atom stereocenters. The van der Waals surface area contributed by atoms with E-state index in [1.54, 1.807) is 41.6 Å². The molecule has 33 heavy (non-hydrogen) atoms. The van der Waals surface area contributed by atoms with Gasteiger partial charge in [-0.3, -0.25) is 14.8 Å². The number of benzene rings is 1. The van der Waals surface area contributed by atoms with Gasteiger partial charge in [-0.1, -0.05) is 13.8 Å². The van der Waals surface area contributed by atoms with E-state index >= 15 is 0 Å². The Bertz CT molecular complexity index is 1320. The molecule has 170 valence electrons. The van der Waals surface area contributed by atoms with Crippen LogP contribution < -0.4 is 5.73 Å². The van der Waals surface area contributed by atoms with Crippen LogP contribution in [0.15, 0.2) is 55.0 Å². The Hall–Kier alpha value is -3.75. The molecule has 0 bridgehead atoms. The first-order valence-electron chi connectivity index (χ1n) is 10.4. The van der Waals surface area contributed by atoms with Gasteiger partial charge in [0.1, 0.15) is 5.82 Å². The van der Waals surface area contributed by atoms with Crippen LogP contribution in [0.3, 0.4) is 0 Å². The summed E-state index contributed by atoms with van der Waals surface area (Å²) in [4.78, 5) is 27.5. The molecular weight excluding hydrogens is 431 g/mol. The number of nitrogen functional groups attached to an aromatic ring is 1. The number of nitrogens with two attached hydrogens (primary N) is 1. The van der Waals surface area contributed by atoms with Crippen molar-refractivity contribution in [3.05, 3.63) is 71.8 Å². The van der Waals surface area contributed by atoms with Crippen molar-refractivity contribution >= 4 is 33.4 Å². The number of amides is 1. The summed E-state index contributed by atoms with van der Waals surface area (Å²) in [6.07, 6.45) is -0.359. The Balaban J connectivity index is 1.69. The van der Waals surface area contributed by atoms with Crippen LogP contribution in [0.2, 0.25) is 0 Å². The predicted octanol–water partition coefficient (Wildman–Crippen LogP) is 5.08. The molecule has 0 saturated heterocycles. The molecule has 0 atom stereocenters. The average Bonchev–Trinajstić information content (AvgIpc) is 2.78. The Kier molecular flexibility index (Phi) is 5.88. The first kappa shape index (κ1) is 22.4. The summed E-state index contributed by atoms with van der Waals surface area (Å²) in [5, 5.41) is 2.28. The molecule has 4 rings (SSSR count). The normalized spacial score (nSPS) is 11.9. The fourth-order valence-electron chi connectivity index (χ4n) is 3.73. The molecule has 0 saturated carbocycles. The molecular formula is C24H22F3N5O. The van der Waals surface area contributed by atoms with Gasteiger partial charge >= 0.3 is 6.18 Å². The third-order valence-electron chi connectivity index (χ3n) is 5.25. The Labute approximate surface area is 188 Å². The number of aromatic nitrogens is 3. The van der Waals surface area contributed by atoms with Gasteiger partial charge in [-0.15, -0.1) is 0 Å². The molecule has 9 heteroatoms. The largest absolute Gasteiger partial charge is 0.417 e. The van der Waals surface area contributed by atoms with Crippen molar-refractivity contribution in [2.45, 2.75) is 26.6 Å². The highest BCUT2D eigenvalue weighted by Gasteiger charge is 2.30. The summed E-state index contributed by atoms with van der Waals surface area (Å²) in [6, 6.07) is 9.21. The second-order valence-electron chi connectivity index (χ2n) is 8.27. The average molecular weight is 453 g/mol. The van der Waals surface area contributed by atoms with Crippen molar-refractivity contribution in [1.82, 2.24) is 19.9 Å². The summed E-state index contributed by atoms with van der Waals surface area (Å²) in [5.41, 5.74) is 6.69. The molecule has 6 nitrogen and oxygen atoms in total. The molecule has 0 fully saturated rings. The lowest BCUT2D eigenvalue weighted by Crippen LogP contribution is -2.34. The molecule has 0 radical (unpaired) electrons. The highest BCUT2D eigenvalue weighted by molar-refractivity contribution is 6.11. The van der Waals surface area contributed by atoms with Crippen LogP contribution in [0.1, 0.15) is 35.5 Å². The zero-order valence-corrected chi connectivity index (χ0v) is 18.1. The number of alkyl halides is 3. The molecule has 0 spiro atoms. The maximum Gasteiger partial charge on any atom is 0.417 e. The molecule has 0 aliphatic rings. The van der Waals surface area contributed by atoms with E-state index in [2.05, 4.69) is 15.0 Å². The maximum absolute atomic E-state index is 13.4. The fourth-order valence-corrected chi connectivity index (χ4v) is 3.73. The third kappa shape index (κ3) is 4.72. The molecule has 0 aliphatic heterocycles. The molecule has 3 aromatic heterocycles. The monoisotopic (exact) mass is 453 g/mol. The van der Waals surface area contributed by atoms with Gasteiger partial charge in [0.2, 0.25) is 0 Å². The highest BCUT2D eigenvalue weighted by Crippen LogP contribution is 2.29. The predicted molar refractivity (Wildman–Crippen MR) is 120 cm³/mol. The fraction of sp³-hybridized carbons (Fsp3) is 0.250. The van der Waals surface area contributed by atoms with Crippen molar-refractivity contribution in [2.75, 3.05) is 12.3 Å². The van der Waals surface area contributed by atoms with Crippen LogP contribution in [0.25, 0.3) is 21.7 Å². The van der Waals surface area contributed by atoms with Gasteiger partial charge in [0.15, 0.2) is 0 Å². The third-order valence-corrected chi connectivity index (χ3v) is 5.25. The quantitative estimate of drug-likeness (QED) is 0.426. The van der Waals surface area contributed by atoms with E-state index in [9.17, 15) is 18.0 Å². The number of carbonyl (C=O) groups is 1. The molecule has 3 heterocycles. The summed E-state index contributed by atoms with van der Waals surface area (Å²) < 4.78 is 38.5. The minimum absolute atomic E-state index is 0.0927. The van der Waals surface area contributed by atoms with E-state index in [0.29, 0.717) is 29.1 Å². The van der Waals surface area contributed by atoms with Gasteiger partial charge in [-0.05, 0) is 42.3 Å². The van der Waals surface area contributed by atoms with E-state index in [1.165, 1.54) is 6.07 Å². The molecule has 0 aliphatic carbocycles. The van der Waals surface area contributed by atoms with Gasteiger partial charge in [-0.2, -0.15) is 13.2 Å². The topological polar surface area (TPSA) is 85.0 Å². The number of pyridine rings is 3. The number of halogens is 3. The number of nitrogens with zero attached hydrogens (tertiary/aromatic N) is 4. The number of hydrogen-bond donors (Lipinski definition) is 1. The molecule has 1 aromatic carbocycles. The van der Waals surface area contributed by atoms with E-state index < -0.39 is 11.7 Å². The van der Waals surface area contributed by atoms with E-state index in [0.717, 1.165) is 28.4 Å². The van der Waals surface area contributed by atoms with Crippen molar-refractivity contribution in [1.29, 1.82) is 0 Å².